The summed E-state index contributed by atoms with van der Waals surface area (Å²) in [4.78, 5) is 61.2. The molecular weight excluding hydrogens is 772 g/mol. The second-order valence-electron chi connectivity index (χ2n) is 15.1. The number of hydrogen-bond donors (Lipinski definition) is 3. The highest BCUT2D eigenvalue weighted by Crippen LogP contribution is 2.46. The van der Waals surface area contributed by atoms with Crippen LogP contribution in [-0.2, 0) is 29.1 Å². The van der Waals surface area contributed by atoms with Crippen LogP contribution in [0.1, 0.15) is 57.8 Å². The van der Waals surface area contributed by atoms with Gasteiger partial charge in [0.2, 0.25) is 21.8 Å². The lowest BCUT2D eigenvalue weighted by molar-refractivity contribution is -0.141. The van der Waals surface area contributed by atoms with Crippen molar-refractivity contribution in [3.05, 3.63) is 60.4 Å². The molecule has 3 N–H and O–H groups in total. The number of fused-ring (bicyclic) bond motifs is 6. The van der Waals surface area contributed by atoms with Crippen molar-refractivity contribution in [2.45, 2.75) is 93.2 Å². The summed E-state index contributed by atoms with van der Waals surface area (Å²) in [5.74, 6) is -3.39. The van der Waals surface area contributed by atoms with Crippen LogP contribution in [0.25, 0.3) is 33.0 Å². The van der Waals surface area contributed by atoms with E-state index < -0.39 is 87.6 Å². The summed E-state index contributed by atoms with van der Waals surface area (Å²) < 4.78 is 85.8. The van der Waals surface area contributed by atoms with Gasteiger partial charge in [0.1, 0.15) is 40.6 Å². The minimum absolute atomic E-state index is 0.0879. The SMILES string of the molecule is O=C(N[C@H]1CCCCCC=C[C@@H]2C[C@@]2(C(=O)NS(=O)(=O)C2CC2)NC(=O)[C@@H]2C[C@@H](Oc3c4cc(F)ccc4nc4c3oc3ccccc34)CN2C1=O)OCC(F)F. The average Bonchev–Trinajstić information content (AvgIpc) is 4.08. The second kappa shape index (κ2) is 15.2. The summed E-state index contributed by atoms with van der Waals surface area (Å²) in [7, 11) is -3.98. The van der Waals surface area contributed by atoms with Crippen LogP contribution in [-0.4, -0.2) is 90.7 Å². The molecule has 1 saturated heterocycles. The second-order valence-corrected chi connectivity index (χ2v) is 17.0. The first kappa shape index (κ1) is 38.5. The first-order valence-electron chi connectivity index (χ1n) is 19.0. The van der Waals surface area contributed by atoms with Crippen LogP contribution >= 0.6 is 0 Å². The van der Waals surface area contributed by atoms with Crippen molar-refractivity contribution in [2.24, 2.45) is 5.92 Å². The highest BCUT2D eigenvalue weighted by Gasteiger charge is 2.62. The van der Waals surface area contributed by atoms with Crippen molar-refractivity contribution >= 4 is 66.8 Å². The molecule has 3 fully saturated rings. The van der Waals surface area contributed by atoms with Crippen molar-refractivity contribution in [1.82, 2.24) is 25.2 Å². The summed E-state index contributed by atoms with van der Waals surface area (Å²) >= 11 is 0. The normalized spacial score (nSPS) is 25.7. The van der Waals surface area contributed by atoms with Crippen LogP contribution in [0.3, 0.4) is 0 Å². The third-order valence-electron chi connectivity index (χ3n) is 11.0. The Balaban J connectivity index is 1.15. The molecule has 2 saturated carbocycles. The molecule has 302 valence electrons. The summed E-state index contributed by atoms with van der Waals surface area (Å²) in [6.45, 7) is -1.43. The van der Waals surface area contributed by atoms with Gasteiger partial charge in [-0.15, -0.1) is 0 Å². The van der Waals surface area contributed by atoms with E-state index >= 15 is 0 Å². The molecule has 8 rings (SSSR count). The molecule has 2 aliphatic heterocycles. The van der Waals surface area contributed by atoms with Crippen LogP contribution in [0.5, 0.6) is 5.75 Å². The summed E-state index contributed by atoms with van der Waals surface area (Å²) in [5.41, 5.74) is -0.104. The van der Waals surface area contributed by atoms with Crippen molar-refractivity contribution in [2.75, 3.05) is 13.2 Å². The molecule has 0 radical (unpaired) electrons. The number of pyridine rings is 1. The maximum Gasteiger partial charge on any atom is 0.407 e. The van der Waals surface area contributed by atoms with Gasteiger partial charge in [0.05, 0.1) is 17.3 Å². The predicted octanol–water partition coefficient (Wildman–Crippen LogP) is 4.99. The highest BCUT2D eigenvalue weighted by atomic mass is 32.2. The summed E-state index contributed by atoms with van der Waals surface area (Å²) in [6, 6.07) is 8.50. The number of ether oxygens (including phenoxy) is 2. The number of allylic oxidation sites excluding steroid dienone is 1. The zero-order valence-corrected chi connectivity index (χ0v) is 31.4. The Kier molecular flexibility index (Phi) is 10.2. The molecule has 4 heterocycles. The molecule has 5 atom stereocenters. The molecular formula is C39H40F3N5O9S. The number of halogens is 3. The molecule has 2 aromatic heterocycles. The summed E-state index contributed by atoms with van der Waals surface area (Å²) in [5, 5.41) is 5.41. The largest absolute Gasteiger partial charge is 0.484 e. The number of carbonyl (C=O) groups is 4. The lowest BCUT2D eigenvalue weighted by Gasteiger charge is -2.29. The number of hydrogen-bond acceptors (Lipinski definition) is 10. The fourth-order valence-electron chi connectivity index (χ4n) is 7.78. The van der Waals surface area contributed by atoms with E-state index in [-0.39, 0.29) is 42.5 Å². The highest BCUT2D eigenvalue weighted by molar-refractivity contribution is 7.91. The average molecular weight is 812 g/mol. The zero-order chi connectivity index (χ0) is 40.1. The Labute approximate surface area is 324 Å². The number of furan rings is 1. The first-order valence-corrected chi connectivity index (χ1v) is 20.5. The Hall–Kier alpha value is -5.39. The van der Waals surface area contributed by atoms with Crippen LogP contribution in [0.2, 0.25) is 0 Å². The van der Waals surface area contributed by atoms with E-state index in [0.717, 1.165) is 0 Å². The van der Waals surface area contributed by atoms with Crippen molar-refractivity contribution in [3.8, 4) is 5.75 Å². The number of aromatic nitrogens is 1. The third-order valence-corrected chi connectivity index (χ3v) is 12.8. The summed E-state index contributed by atoms with van der Waals surface area (Å²) in [6.07, 6.45) is 1.69. The van der Waals surface area contributed by atoms with Crippen LogP contribution < -0.4 is 20.1 Å². The van der Waals surface area contributed by atoms with E-state index in [1.807, 2.05) is 18.2 Å². The van der Waals surface area contributed by atoms with Crippen molar-refractivity contribution in [3.63, 3.8) is 0 Å². The number of carbonyl (C=O) groups excluding carboxylic acids is 4. The fraction of sp³-hybridized carbons (Fsp3) is 0.462. The van der Waals surface area contributed by atoms with Gasteiger partial charge >= 0.3 is 6.09 Å². The van der Waals surface area contributed by atoms with Crippen molar-refractivity contribution < 1.29 is 54.7 Å². The van der Waals surface area contributed by atoms with E-state index in [1.165, 1.54) is 23.1 Å². The molecule has 2 aromatic carbocycles. The van der Waals surface area contributed by atoms with E-state index in [0.29, 0.717) is 60.5 Å². The molecule has 2 aliphatic carbocycles. The van der Waals surface area contributed by atoms with E-state index in [4.69, 9.17) is 14.1 Å². The number of rotatable bonds is 8. The van der Waals surface area contributed by atoms with Gasteiger partial charge < -0.3 is 29.4 Å². The number of para-hydroxylation sites is 1. The van der Waals surface area contributed by atoms with E-state index in [2.05, 4.69) is 20.1 Å². The molecule has 0 unspecified atom stereocenters. The molecule has 14 nitrogen and oxygen atoms in total. The van der Waals surface area contributed by atoms with Gasteiger partial charge in [-0.2, -0.15) is 0 Å². The monoisotopic (exact) mass is 811 g/mol. The minimum Gasteiger partial charge on any atom is -0.484 e. The number of nitrogens with zero attached hydrogens (tertiary/aromatic N) is 2. The Morgan fingerprint density at radius 3 is 2.67 bits per heavy atom. The van der Waals surface area contributed by atoms with Crippen molar-refractivity contribution in [1.29, 1.82) is 0 Å². The van der Waals surface area contributed by atoms with Gasteiger partial charge in [-0.25, -0.2) is 31.4 Å². The smallest absolute Gasteiger partial charge is 0.407 e. The number of alkyl carbamates (subject to hydrolysis) is 1. The number of benzene rings is 2. The van der Waals surface area contributed by atoms with E-state index in [9.17, 15) is 40.8 Å². The predicted molar refractivity (Wildman–Crippen MR) is 199 cm³/mol. The quantitative estimate of drug-likeness (QED) is 0.205. The molecule has 0 spiro atoms. The van der Waals surface area contributed by atoms with E-state index in [1.54, 1.807) is 18.2 Å². The number of nitrogens with one attached hydrogen (secondary N) is 3. The Morgan fingerprint density at radius 2 is 1.88 bits per heavy atom. The lowest BCUT2D eigenvalue weighted by Crippen LogP contribution is -2.58. The zero-order valence-electron chi connectivity index (χ0n) is 30.5. The van der Waals surface area contributed by atoms with Crippen LogP contribution in [0.15, 0.2) is 59.0 Å². The third kappa shape index (κ3) is 7.83. The van der Waals surface area contributed by atoms with Gasteiger partial charge in [-0.3, -0.25) is 19.1 Å². The fourth-order valence-corrected chi connectivity index (χ4v) is 9.14. The number of alkyl halides is 2. The van der Waals surface area contributed by atoms with Gasteiger partial charge in [0, 0.05) is 23.1 Å². The van der Waals surface area contributed by atoms with Gasteiger partial charge in [-0.1, -0.05) is 37.1 Å². The standard InChI is InChI=1S/C39H40F3N5O9S/c40-22-12-15-27-26(16-22)33(34-32(43-27)25-9-6-7-11-30(25)56-34)55-23-17-29-35(48)45-39(37(50)46-57(52,53)24-13-14-24)18-21(39)8-4-2-1-3-5-10-28(36(49)47(29)19-23)44-38(51)54-20-31(41)42/h4,6-9,11-12,15-16,21,23-24,28-29,31H,1-3,5,10,13-14,17-20H2,(H,44,51)(H,45,48)(H,46,50)/t21-,23-,28+,29+,39-/m1/s1. The minimum atomic E-state index is -3.98. The van der Waals surface area contributed by atoms with Crippen LogP contribution in [0.4, 0.5) is 18.0 Å². The molecule has 4 aliphatic rings. The maximum atomic E-state index is 14.8. The molecule has 18 heteroatoms. The number of amides is 4. The molecule has 0 bridgehead atoms. The van der Waals surface area contributed by atoms with Gasteiger partial charge in [0.25, 0.3) is 12.3 Å². The number of sulfonamides is 1. The van der Waals surface area contributed by atoms with Gasteiger partial charge in [0.15, 0.2) is 17.9 Å². The van der Waals surface area contributed by atoms with Crippen LogP contribution in [0, 0.1) is 11.7 Å². The first-order chi connectivity index (χ1) is 27.3. The topological polar surface area (TPSA) is 186 Å². The Morgan fingerprint density at radius 1 is 1.07 bits per heavy atom. The maximum absolute atomic E-state index is 14.8. The van der Waals surface area contributed by atoms with Gasteiger partial charge in [-0.05, 0) is 68.9 Å². The molecule has 57 heavy (non-hydrogen) atoms. The molecule has 4 aromatic rings. The lowest BCUT2D eigenvalue weighted by atomic mass is 10.1. The molecule has 4 amide bonds. The Bertz CT molecular complexity index is 2400.